The van der Waals surface area contributed by atoms with Gasteiger partial charge >= 0.3 is 0 Å². The summed E-state index contributed by atoms with van der Waals surface area (Å²) in [6.07, 6.45) is 2.76. The van der Waals surface area contributed by atoms with Gasteiger partial charge in [-0.25, -0.2) is 0 Å². The van der Waals surface area contributed by atoms with Crippen LogP contribution < -0.4 is 5.73 Å². The average molecular weight is 197 g/mol. The zero-order valence-electron chi connectivity index (χ0n) is 8.99. The second-order valence-electron chi connectivity index (χ2n) is 3.65. The third kappa shape index (κ3) is 2.73. The summed E-state index contributed by atoms with van der Waals surface area (Å²) >= 11 is 0. The number of nitrogens with zero attached hydrogens (tertiary/aromatic N) is 2. The number of amides is 1. The molecular weight excluding hydrogens is 178 g/mol. The van der Waals surface area contributed by atoms with Crippen LogP contribution in [0.15, 0.2) is 11.8 Å². The Morgan fingerprint density at radius 3 is 2.36 bits per heavy atom. The summed E-state index contributed by atoms with van der Waals surface area (Å²) in [6, 6.07) is 0. The fourth-order valence-corrected chi connectivity index (χ4v) is 1.63. The standard InChI is InChI=1S/C10H19N3O/c1-3-4-9(10(11)14)13-7-5-12(2)6-8-13/h4H,3,5-8H2,1-2H3,(H2,11,14). The minimum absolute atomic E-state index is 0.309. The summed E-state index contributed by atoms with van der Waals surface area (Å²) in [5.74, 6) is -0.309. The van der Waals surface area contributed by atoms with Gasteiger partial charge in [-0.1, -0.05) is 13.0 Å². The topological polar surface area (TPSA) is 49.6 Å². The minimum Gasteiger partial charge on any atom is -0.365 e. The van der Waals surface area contributed by atoms with E-state index in [-0.39, 0.29) is 5.91 Å². The zero-order chi connectivity index (χ0) is 10.6. The summed E-state index contributed by atoms with van der Waals surface area (Å²) in [5, 5.41) is 0. The number of likely N-dealkylation sites (N-methyl/N-ethyl adjacent to an activating group) is 1. The fourth-order valence-electron chi connectivity index (χ4n) is 1.63. The summed E-state index contributed by atoms with van der Waals surface area (Å²) in [4.78, 5) is 15.5. The number of primary amides is 1. The van der Waals surface area contributed by atoms with Gasteiger partial charge < -0.3 is 15.5 Å². The van der Waals surface area contributed by atoms with Crippen molar-refractivity contribution in [1.82, 2.24) is 9.80 Å². The molecule has 0 saturated carbocycles. The normalized spacial score (nSPS) is 19.9. The number of rotatable bonds is 3. The molecule has 14 heavy (non-hydrogen) atoms. The molecule has 0 aromatic rings. The number of carbonyl (C=O) groups is 1. The van der Waals surface area contributed by atoms with E-state index in [1.807, 2.05) is 13.0 Å². The lowest BCUT2D eigenvalue weighted by molar-refractivity contribution is -0.116. The quantitative estimate of drug-likeness (QED) is 0.649. The molecule has 1 fully saturated rings. The molecule has 1 rings (SSSR count). The largest absolute Gasteiger partial charge is 0.365 e. The molecule has 1 heterocycles. The highest BCUT2D eigenvalue weighted by Crippen LogP contribution is 2.08. The van der Waals surface area contributed by atoms with E-state index in [1.54, 1.807) is 0 Å². The van der Waals surface area contributed by atoms with Crippen LogP contribution in [0.2, 0.25) is 0 Å². The Kier molecular flexibility index (Phi) is 3.95. The van der Waals surface area contributed by atoms with Gasteiger partial charge in [0.2, 0.25) is 0 Å². The van der Waals surface area contributed by atoms with Crippen molar-refractivity contribution >= 4 is 5.91 Å². The van der Waals surface area contributed by atoms with Crippen LogP contribution in [0.25, 0.3) is 0 Å². The Bertz CT molecular complexity index is 230. The monoisotopic (exact) mass is 197 g/mol. The molecule has 1 saturated heterocycles. The third-order valence-electron chi connectivity index (χ3n) is 2.49. The van der Waals surface area contributed by atoms with E-state index in [9.17, 15) is 4.79 Å². The van der Waals surface area contributed by atoms with Crippen LogP contribution in [0.4, 0.5) is 0 Å². The predicted molar refractivity (Wildman–Crippen MR) is 56.6 cm³/mol. The third-order valence-corrected chi connectivity index (χ3v) is 2.49. The van der Waals surface area contributed by atoms with Crippen molar-refractivity contribution in [2.24, 2.45) is 5.73 Å². The van der Waals surface area contributed by atoms with Gasteiger partial charge in [-0.05, 0) is 13.5 Å². The van der Waals surface area contributed by atoms with Gasteiger partial charge in [0.1, 0.15) is 0 Å². The first-order valence-corrected chi connectivity index (χ1v) is 5.08. The van der Waals surface area contributed by atoms with Crippen LogP contribution in [0.3, 0.4) is 0 Å². The Morgan fingerprint density at radius 1 is 1.36 bits per heavy atom. The predicted octanol–water partition coefficient (Wildman–Crippen LogP) is 0.0130. The highest BCUT2D eigenvalue weighted by molar-refractivity contribution is 5.91. The number of nitrogens with two attached hydrogens (primary N) is 1. The Labute approximate surface area is 85.3 Å². The molecule has 1 amide bonds. The van der Waals surface area contributed by atoms with Gasteiger partial charge in [0.15, 0.2) is 0 Å². The van der Waals surface area contributed by atoms with Crippen LogP contribution in [0.5, 0.6) is 0 Å². The Balaban J connectivity index is 2.61. The molecule has 0 aliphatic carbocycles. The molecule has 0 bridgehead atoms. The van der Waals surface area contributed by atoms with E-state index in [2.05, 4.69) is 16.8 Å². The van der Waals surface area contributed by atoms with E-state index in [0.29, 0.717) is 5.70 Å². The second-order valence-corrected chi connectivity index (χ2v) is 3.65. The maximum atomic E-state index is 11.2. The van der Waals surface area contributed by atoms with Gasteiger partial charge in [0.25, 0.3) is 5.91 Å². The molecule has 2 N–H and O–H groups in total. The van der Waals surface area contributed by atoms with Crippen LogP contribution in [-0.4, -0.2) is 48.9 Å². The lowest BCUT2D eigenvalue weighted by Gasteiger charge is -2.34. The van der Waals surface area contributed by atoms with Crippen molar-refractivity contribution in [3.05, 3.63) is 11.8 Å². The Morgan fingerprint density at radius 2 is 1.93 bits per heavy atom. The second kappa shape index (κ2) is 5.00. The molecule has 4 heteroatoms. The van der Waals surface area contributed by atoms with E-state index in [1.165, 1.54) is 0 Å². The van der Waals surface area contributed by atoms with Gasteiger partial charge in [0.05, 0.1) is 5.70 Å². The Hall–Kier alpha value is -1.03. The number of carbonyl (C=O) groups excluding carboxylic acids is 1. The molecule has 0 aromatic heterocycles. The molecule has 4 nitrogen and oxygen atoms in total. The first-order chi connectivity index (χ1) is 6.65. The summed E-state index contributed by atoms with van der Waals surface area (Å²) in [7, 11) is 2.09. The van der Waals surface area contributed by atoms with E-state index < -0.39 is 0 Å². The summed E-state index contributed by atoms with van der Waals surface area (Å²) in [5.41, 5.74) is 6.01. The molecule has 0 spiro atoms. The fraction of sp³-hybridized carbons (Fsp3) is 0.700. The van der Waals surface area contributed by atoms with E-state index in [4.69, 9.17) is 5.73 Å². The summed E-state index contributed by atoms with van der Waals surface area (Å²) < 4.78 is 0. The number of hydrogen-bond donors (Lipinski definition) is 1. The molecule has 80 valence electrons. The smallest absolute Gasteiger partial charge is 0.264 e. The number of piperazine rings is 1. The zero-order valence-corrected chi connectivity index (χ0v) is 8.99. The first-order valence-electron chi connectivity index (χ1n) is 5.08. The highest BCUT2D eigenvalue weighted by atomic mass is 16.1. The van der Waals surface area contributed by atoms with Crippen molar-refractivity contribution in [2.75, 3.05) is 33.2 Å². The molecule has 0 atom stereocenters. The van der Waals surface area contributed by atoms with Gasteiger partial charge in [-0.2, -0.15) is 0 Å². The molecule has 0 unspecified atom stereocenters. The summed E-state index contributed by atoms with van der Waals surface area (Å²) in [6.45, 7) is 5.79. The molecular formula is C10H19N3O. The molecule has 0 aromatic carbocycles. The van der Waals surface area contributed by atoms with Crippen molar-refractivity contribution in [1.29, 1.82) is 0 Å². The minimum atomic E-state index is -0.309. The van der Waals surface area contributed by atoms with Crippen LogP contribution in [-0.2, 0) is 4.79 Å². The van der Waals surface area contributed by atoms with Gasteiger partial charge in [-0.3, -0.25) is 4.79 Å². The average Bonchev–Trinajstić information content (AvgIpc) is 2.15. The van der Waals surface area contributed by atoms with Crippen LogP contribution >= 0.6 is 0 Å². The molecule has 0 radical (unpaired) electrons. The van der Waals surface area contributed by atoms with Gasteiger partial charge in [-0.15, -0.1) is 0 Å². The maximum Gasteiger partial charge on any atom is 0.264 e. The number of allylic oxidation sites excluding steroid dienone is 1. The lowest BCUT2D eigenvalue weighted by atomic mass is 10.2. The maximum absolute atomic E-state index is 11.2. The van der Waals surface area contributed by atoms with Crippen LogP contribution in [0.1, 0.15) is 13.3 Å². The lowest BCUT2D eigenvalue weighted by Crippen LogP contribution is -2.46. The van der Waals surface area contributed by atoms with E-state index >= 15 is 0 Å². The van der Waals surface area contributed by atoms with Crippen molar-refractivity contribution in [3.63, 3.8) is 0 Å². The molecule has 1 aliphatic rings. The highest BCUT2D eigenvalue weighted by Gasteiger charge is 2.18. The van der Waals surface area contributed by atoms with Crippen molar-refractivity contribution < 1.29 is 4.79 Å². The number of hydrogen-bond acceptors (Lipinski definition) is 3. The van der Waals surface area contributed by atoms with Crippen molar-refractivity contribution in [3.8, 4) is 0 Å². The van der Waals surface area contributed by atoms with Crippen LogP contribution in [0, 0.1) is 0 Å². The van der Waals surface area contributed by atoms with Crippen molar-refractivity contribution in [2.45, 2.75) is 13.3 Å². The van der Waals surface area contributed by atoms with Gasteiger partial charge in [0, 0.05) is 26.2 Å². The first kappa shape index (κ1) is 11.0. The van der Waals surface area contributed by atoms with E-state index in [0.717, 1.165) is 32.6 Å². The SMILES string of the molecule is CCC=C(C(N)=O)N1CCN(C)CC1. The molecule has 1 aliphatic heterocycles.